The molecule has 3 rings (SSSR count). The quantitative estimate of drug-likeness (QED) is 0.898. The van der Waals surface area contributed by atoms with Crippen molar-refractivity contribution in [3.63, 3.8) is 0 Å². The molecule has 1 aliphatic heterocycles. The van der Waals surface area contributed by atoms with Gasteiger partial charge < -0.3 is 10.2 Å². The maximum atomic E-state index is 12.2. The first-order chi connectivity index (χ1) is 11.2. The van der Waals surface area contributed by atoms with Crippen LogP contribution >= 0.6 is 11.3 Å². The van der Waals surface area contributed by atoms with Crippen molar-refractivity contribution in [2.45, 2.75) is 32.4 Å². The van der Waals surface area contributed by atoms with Crippen molar-refractivity contribution in [1.82, 2.24) is 25.0 Å². The van der Waals surface area contributed by atoms with Crippen molar-refractivity contribution in [3.8, 4) is 0 Å². The smallest absolute Gasteiger partial charge is 0.270 e. The number of amides is 2. The summed E-state index contributed by atoms with van der Waals surface area (Å²) in [6.07, 6.45) is 3.12. The Bertz CT molecular complexity index is 682. The molecule has 2 aromatic heterocycles. The van der Waals surface area contributed by atoms with Crippen LogP contribution in [0.3, 0.4) is 0 Å². The van der Waals surface area contributed by atoms with Gasteiger partial charge in [-0.1, -0.05) is 6.92 Å². The molecule has 3 heterocycles. The van der Waals surface area contributed by atoms with Gasteiger partial charge in [-0.05, 0) is 12.5 Å². The van der Waals surface area contributed by atoms with Crippen molar-refractivity contribution in [1.29, 1.82) is 0 Å². The lowest BCUT2D eigenvalue weighted by molar-refractivity contribution is -0.133. The Labute approximate surface area is 138 Å². The van der Waals surface area contributed by atoms with E-state index < -0.39 is 0 Å². The Balaban J connectivity index is 1.68. The number of carbonyl (C=O) groups is 2. The molecule has 7 nitrogen and oxygen atoms in total. The molecule has 1 atom stereocenters. The zero-order chi connectivity index (χ0) is 16.2. The number of hydrogen-bond acceptors (Lipinski definition) is 5. The van der Waals surface area contributed by atoms with Gasteiger partial charge in [-0.25, -0.2) is 4.98 Å². The van der Waals surface area contributed by atoms with Gasteiger partial charge >= 0.3 is 0 Å². The Morgan fingerprint density at radius 1 is 1.48 bits per heavy atom. The summed E-state index contributed by atoms with van der Waals surface area (Å²) < 4.78 is 1.90. The van der Waals surface area contributed by atoms with Crippen LogP contribution in [0.5, 0.6) is 0 Å². The van der Waals surface area contributed by atoms with E-state index in [-0.39, 0.29) is 17.9 Å². The van der Waals surface area contributed by atoms with Crippen LogP contribution in [0.2, 0.25) is 0 Å². The van der Waals surface area contributed by atoms with Crippen LogP contribution in [0.1, 0.15) is 42.0 Å². The number of hydrogen-bond donors (Lipinski definition) is 1. The predicted octanol–water partition coefficient (Wildman–Crippen LogP) is 1.45. The van der Waals surface area contributed by atoms with Gasteiger partial charge in [0.2, 0.25) is 5.91 Å². The van der Waals surface area contributed by atoms with E-state index >= 15 is 0 Å². The maximum Gasteiger partial charge on any atom is 0.270 e. The third kappa shape index (κ3) is 3.42. The molecule has 0 saturated heterocycles. The van der Waals surface area contributed by atoms with Crippen molar-refractivity contribution in [2.24, 2.45) is 0 Å². The van der Waals surface area contributed by atoms with Crippen molar-refractivity contribution < 1.29 is 9.59 Å². The Hall–Kier alpha value is -2.22. The average Bonchev–Trinajstić information content (AvgIpc) is 3.23. The van der Waals surface area contributed by atoms with E-state index in [9.17, 15) is 9.59 Å². The van der Waals surface area contributed by atoms with E-state index in [0.29, 0.717) is 31.7 Å². The van der Waals surface area contributed by atoms with Gasteiger partial charge in [0.25, 0.3) is 5.91 Å². The first-order valence-corrected chi connectivity index (χ1v) is 8.60. The van der Waals surface area contributed by atoms with Crippen LogP contribution in [-0.2, 0) is 11.3 Å². The van der Waals surface area contributed by atoms with Crippen LogP contribution in [0.15, 0.2) is 23.2 Å². The Morgan fingerprint density at radius 2 is 2.35 bits per heavy atom. The highest BCUT2D eigenvalue weighted by molar-refractivity contribution is 7.07. The lowest BCUT2D eigenvalue weighted by Gasteiger charge is -2.34. The van der Waals surface area contributed by atoms with Crippen molar-refractivity contribution in [3.05, 3.63) is 34.5 Å². The number of carbonyl (C=O) groups excluding carboxylic acids is 2. The lowest BCUT2D eigenvalue weighted by atomic mass is 10.1. The first kappa shape index (κ1) is 15.7. The molecule has 0 radical (unpaired) electrons. The van der Waals surface area contributed by atoms with Crippen LogP contribution in [0.25, 0.3) is 0 Å². The van der Waals surface area contributed by atoms with Gasteiger partial charge in [0.1, 0.15) is 5.69 Å². The van der Waals surface area contributed by atoms with Crippen molar-refractivity contribution in [2.75, 3.05) is 13.1 Å². The summed E-state index contributed by atoms with van der Waals surface area (Å²) in [7, 11) is 0. The molecule has 0 aromatic carbocycles. The standard InChI is InChI=1S/C15H19N5O2S/c1-2-3-14(21)19-7-11-4-5-18-20(11)12(8-19)6-16-15(22)13-9-23-10-17-13/h4-5,9-10,12H,2-3,6-8H2,1H3,(H,16,22)/t12-/m1/s1. The molecule has 0 fully saturated rings. The fraction of sp³-hybridized carbons (Fsp3) is 0.467. The molecule has 0 spiro atoms. The fourth-order valence-corrected chi connectivity index (χ4v) is 3.26. The molecule has 122 valence electrons. The van der Waals surface area contributed by atoms with E-state index in [1.54, 1.807) is 17.1 Å². The zero-order valence-electron chi connectivity index (χ0n) is 12.9. The highest BCUT2D eigenvalue weighted by Crippen LogP contribution is 2.20. The third-order valence-corrected chi connectivity index (χ3v) is 4.45. The minimum Gasteiger partial charge on any atom is -0.348 e. The lowest BCUT2D eigenvalue weighted by Crippen LogP contribution is -2.45. The molecular weight excluding hydrogens is 314 g/mol. The number of fused-ring (bicyclic) bond motifs is 1. The van der Waals surface area contributed by atoms with E-state index in [2.05, 4.69) is 15.4 Å². The fourth-order valence-electron chi connectivity index (χ4n) is 2.73. The van der Waals surface area contributed by atoms with Crippen LogP contribution < -0.4 is 5.32 Å². The molecule has 0 saturated carbocycles. The minimum atomic E-state index is -0.197. The molecule has 8 heteroatoms. The average molecular weight is 333 g/mol. The van der Waals surface area contributed by atoms with Crippen LogP contribution in [0.4, 0.5) is 0 Å². The van der Waals surface area contributed by atoms with E-state index in [1.807, 2.05) is 22.6 Å². The van der Waals surface area contributed by atoms with E-state index in [0.717, 1.165) is 12.1 Å². The summed E-state index contributed by atoms with van der Waals surface area (Å²) in [5, 5.41) is 8.93. The van der Waals surface area contributed by atoms with Gasteiger partial charge in [-0.3, -0.25) is 14.3 Å². The number of nitrogens with zero attached hydrogens (tertiary/aromatic N) is 4. The zero-order valence-corrected chi connectivity index (χ0v) is 13.8. The largest absolute Gasteiger partial charge is 0.348 e. The van der Waals surface area contributed by atoms with Crippen molar-refractivity contribution >= 4 is 23.2 Å². The SMILES string of the molecule is CCCC(=O)N1Cc2ccnn2[C@H](CNC(=O)c2cscn2)C1. The number of rotatable bonds is 5. The van der Waals surface area contributed by atoms with Gasteiger partial charge in [-0.2, -0.15) is 5.10 Å². The van der Waals surface area contributed by atoms with Gasteiger partial charge in [-0.15, -0.1) is 11.3 Å². The molecule has 0 unspecified atom stereocenters. The van der Waals surface area contributed by atoms with Crippen LogP contribution in [-0.4, -0.2) is 44.6 Å². The second kappa shape index (κ2) is 6.91. The molecular formula is C15H19N5O2S. The predicted molar refractivity (Wildman–Crippen MR) is 86.0 cm³/mol. The van der Waals surface area contributed by atoms with Gasteiger partial charge in [0.15, 0.2) is 0 Å². The summed E-state index contributed by atoms with van der Waals surface area (Å²) >= 11 is 1.39. The summed E-state index contributed by atoms with van der Waals surface area (Å²) in [4.78, 5) is 30.1. The third-order valence-electron chi connectivity index (χ3n) is 3.86. The summed E-state index contributed by atoms with van der Waals surface area (Å²) in [5.41, 5.74) is 3.05. The Kier molecular flexibility index (Phi) is 4.71. The van der Waals surface area contributed by atoms with E-state index in [4.69, 9.17) is 0 Å². The Morgan fingerprint density at radius 3 is 3.09 bits per heavy atom. The summed E-state index contributed by atoms with van der Waals surface area (Å²) in [6.45, 7) is 3.55. The summed E-state index contributed by atoms with van der Waals surface area (Å²) in [6, 6.07) is 1.86. The maximum absolute atomic E-state index is 12.2. The number of thiazole rings is 1. The minimum absolute atomic E-state index is 0.0582. The second-order valence-electron chi connectivity index (χ2n) is 5.53. The molecule has 0 aliphatic carbocycles. The number of nitrogens with one attached hydrogen (secondary N) is 1. The molecule has 1 aliphatic rings. The topological polar surface area (TPSA) is 80.1 Å². The highest BCUT2D eigenvalue weighted by Gasteiger charge is 2.28. The molecule has 1 N–H and O–H groups in total. The second-order valence-corrected chi connectivity index (χ2v) is 6.25. The molecule has 2 aromatic rings. The van der Waals surface area contributed by atoms with Crippen LogP contribution in [0, 0.1) is 0 Å². The highest BCUT2D eigenvalue weighted by atomic mass is 32.1. The molecule has 23 heavy (non-hydrogen) atoms. The summed E-state index contributed by atoms with van der Waals surface area (Å²) in [5.74, 6) is -0.0484. The van der Waals surface area contributed by atoms with Gasteiger partial charge in [0, 0.05) is 31.1 Å². The number of aromatic nitrogens is 3. The normalized spacial score (nSPS) is 16.9. The van der Waals surface area contributed by atoms with E-state index in [1.165, 1.54) is 11.3 Å². The monoisotopic (exact) mass is 333 g/mol. The molecule has 2 amide bonds. The first-order valence-electron chi connectivity index (χ1n) is 7.65. The van der Waals surface area contributed by atoms with Gasteiger partial charge in [0.05, 0.1) is 23.8 Å². The molecule has 0 bridgehead atoms.